The van der Waals surface area contributed by atoms with Crippen LogP contribution in [0.3, 0.4) is 0 Å². The third-order valence-corrected chi connectivity index (χ3v) is 10.7. The maximum Gasteiger partial charge on any atom is 0.472 e. The van der Waals surface area contributed by atoms with E-state index in [0.29, 0.717) is 32.1 Å². The monoisotopic (exact) mass is 866 g/mol. The number of hydrogen-bond donors (Lipinski definition) is 5. The molecule has 5 N–H and O–H groups in total. The van der Waals surface area contributed by atoms with Crippen LogP contribution in [0.4, 0.5) is 0 Å². The summed E-state index contributed by atoms with van der Waals surface area (Å²) in [6.45, 7) is 1.81. The highest BCUT2D eigenvalue weighted by Gasteiger charge is 2.39. The molecule has 0 aromatic heterocycles. The summed E-state index contributed by atoms with van der Waals surface area (Å²) in [5, 5.41) is 39.0. The second-order valence-electron chi connectivity index (χ2n) is 15.1. The van der Waals surface area contributed by atoms with E-state index in [4.69, 9.17) is 19.1 Å². The third-order valence-electron chi connectivity index (χ3n) is 9.71. The number of esters is 2. The highest BCUT2D eigenvalue weighted by atomic mass is 31.2. The van der Waals surface area contributed by atoms with Gasteiger partial charge in [-0.15, -0.1) is 0 Å². The molecule has 0 aromatic carbocycles. The quantitative estimate of drug-likeness (QED) is 0.0174. The van der Waals surface area contributed by atoms with Crippen LogP contribution in [-0.4, -0.2) is 93.9 Å². The summed E-state index contributed by atoms with van der Waals surface area (Å²) in [5.41, 5.74) is 0. The van der Waals surface area contributed by atoms with Crippen LogP contribution in [0.5, 0.6) is 0 Å². The molecule has 0 spiro atoms. The van der Waals surface area contributed by atoms with E-state index in [0.717, 1.165) is 70.6 Å². The Bertz CT molecular complexity index is 1390. The maximum absolute atomic E-state index is 12.7. The van der Waals surface area contributed by atoms with E-state index in [1.165, 1.54) is 0 Å². The molecule has 1 saturated carbocycles. The van der Waals surface area contributed by atoms with Crippen LogP contribution in [0.15, 0.2) is 72.9 Å². The topological polar surface area (TPSA) is 206 Å². The number of aliphatic hydroxyl groups is 4. The number of phosphoric acid groups is 1. The number of rotatable bonds is 36. The Morgan fingerprint density at radius 2 is 1.38 bits per heavy atom. The average Bonchev–Trinajstić information content (AvgIpc) is 3.49. The second kappa shape index (κ2) is 35.6. The number of carbonyl (C=O) groups is 3. The first-order valence-electron chi connectivity index (χ1n) is 22.0. The summed E-state index contributed by atoms with van der Waals surface area (Å²) in [4.78, 5) is 47.7. The van der Waals surface area contributed by atoms with Crippen molar-refractivity contribution in [1.29, 1.82) is 0 Å². The summed E-state index contributed by atoms with van der Waals surface area (Å²) in [6.07, 6.45) is 33.7. The van der Waals surface area contributed by atoms with Crippen LogP contribution in [0.25, 0.3) is 0 Å². The zero-order chi connectivity index (χ0) is 44.3. The van der Waals surface area contributed by atoms with Crippen molar-refractivity contribution in [2.75, 3.05) is 26.4 Å². The smallest absolute Gasteiger partial charge is 0.462 e. The molecule has 7 atom stereocenters. The molecule has 13 nitrogen and oxygen atoms in total. The van der Waals surface area contributed by atoms with E-state index in [-0.39, 0.29) is 36.9 Å². The van der Waals surface area contributed by atoms with Gasteiger partial charge in [0.15, 0.2) is 6.10 Å². The molecule has 1 unspecified atom stereocenters. The summed E-state index contributed by atoms with van der Waals surface area (Å²) in [6, 6.07) is 0. The number of unbranched alkanes of at least 4 members (excludes halogenated alkanes) is 7. The molecule has 0 radical (unpaired) electrons. The van der Waals surface area contributed by atoms with Crippen molar-refractivity contribution < 1.29 is 62.8 Å². The maximum atomic E-state index is 12.7. The van der Waals surface area contributed by atoms with E-state index in [2.05, 4.69) is 67.0 Å². The van der Waals surface area contributed by atoms with Crippen molar-refractivity contribution >= 4 is 25.5 Å². The minimum absolute atomic E-state index is 0.0227. The SMILES string of the molecule is CC/C=C\C/C=C\C/C=C\C/C=C\CCCCCCC(=O)O[C@H](COC(=O)CCC/C=C\C[C@H]1C(=O)C[C@@H](O)[C@@H]1/C=C/[C@@H](O)CCCCC)COP(=O)(O)OC[C@@H](O)CO. The fourth-order valence-electron chi connectivity index (χ4n) is 6.26. The predicted octanol–water partition coefficient (Wildman–Crippen LogP) is 8.25. The van der Waals surface area contributed by atoms with E-state index >= 15 is 0 Å². The summed E-state index contributed by atoms with van der Waals surface area (Å²) >= 11 is 0. The molecule has 0 bridgehead atoms. The van der Waals surface area contributed by atoms with Crippen molar-refractivity contribution in [1.82, 2.24) is 0 Å². The number of hydrogen-bond acceptors (Lipinski definition) is 12. The third kappa shape index (κ3) is 29.3. The van der Waals surface area contributed by atoms with E-state index in [9.17, 15) is 39.2 Å². The lowest BCUT2D eigenvalue weighted by Gasteiger charge is -2.20. The predicted molar refractivity (Wildman–Crippen MR) is 234 cm³/mol. The van der Waals surface area contributed by atoms with Gasteiger partial charge in [-0.3, -0.25) is 23.4 Å². The van der Waals surface area contributed by atoms with Crippen LogP contribution in [0.1, 0.15) is 136 Å². The molecule has 0 amide bonds. The highest BCUT2D eigenvalue weighted by Crippen LogP contribution is 2.43. The van der Waals surface area contributed by atoms with Gasteiger partial charge in [0.1, 0.15) is 18.5 Å². The molecule has 342 valence electrons. The minimum atomic E-state index is -4.70. The van der Waals surface area contributed by atoms with Crippen molar-refractivity contribution in [2.45, 2.75) is 160 Å². The Balaban J connectivity index is 2.49. The Morgan fingerprint density at radius 3 is 2.07 bits per heavy atom. The van der Waals surface area contributed by atoms with Crippen molar-refractivity contribution in [3.8, 4) is 0 Å². The molecule has 60 heavy (non-hydrogen) atoms. The first-order chi connectivity index (χ1) is 28.9. The molecule has 1 rings (SSSR count). The number of ketones is 1. The van der Waals surface area contributed by atoms with Crippen LogP contribution < -0.4 is 0 Å². The Labute approximate surface area is 358 Å². The molecule has 0 aromatic rings. The lowest BCUT2D eigenvalue weighted by Crippen LogP contribution is -2.29. The molecule has 0 aliphatic heterocycles. The molecule has 1 aliphatic carbocycles. The zero-order valence-corrected chi connectivity index (χ0v) is 37.0. The Kier molecular flexibility index (Phi) is 32.6. The van der Waals surface area contributed by atoms with Gasteiger partial charge in [0.25, 0.3) is 0 Å². The van der Waals surface area contributed by atoms with E-state index < -0.39 is 70.6 Å². The standard InChI is InChI=1S/C46H75O13P/c1-3-5-7-8-9-10-11-12-13-14-15-16-17-18-19-20-26-30-46(53)59-40(37-58-60(54,55)57-35-39(49)34-47)36-56-45(52)29-25-22-21-24-28-41-42(44(51)33-43(41)50)32-31-38(48)27-23-6-4-2/h5,7,9-10,12-13,15-16,21,24,31-32,38-42,44,47-49,51H,3-4,6,8,11,14,17-20,22-23,25-30,33-37H2,1-2H3,(H,54,55)/b7-5-,10-9-,13-12-,16-15-,24-21-,32-31+/t38-,39-,40+,41+,42+,44+/m0/s1. The number of allylic oxidation sites excluding steroid dienone is 10. The Morgan fingerprint density at radius 1 is 0.767 bits per heavy atom. The first-order valence-corrected chi connectivity index (χ1v) is 23.5. The number of ether oxygens (including phenoxy) is 2. The molecule has 1 aliphatic rings. The average molecular weight is 867 g/mol. The van der Waals surface area contributed by atoms with Gasteiger partial charge >= 0.3 is 19.8 Å². The Hall–Kier alpha value is -3.00. The number of carbonyl (C=O) groups excluding carboxylic acids is 3. The van der Waals surface area contributed by atoms with Gasteiger partial charge in [-0.05, 0) is 70.6 Å². The second-order valence-corrected chi connectivity index (χ2v) is 16.6. The summed E-state index contributed by atoms with van der Waals surface area (Å²) in [5.74, 6) is -1.94. The molecule has 0 heterocycles. The van der Waals surface area contributed by atoms with E-state index in [1.807, 2.05) is 12.2 Å². The lowest BCUT2D eigenvalue weighted by atomic mass is 9.90. The van der Waals surface area contributed by atoms with Crippen LogP contribution >= 0.6 is 7.82 Å². The number of aliphatic hydroxyl groups excluding tert-OH is 4. The van der Waals surface area contributed by atoms with Gasteiger partial charge in [-0.25, -0.2) is 4.57 Å². The highest BCUT2D eigenvalue weighted by molar-refractivity contribution is 7.47. The molecule has 14 heteroatoms. The molecular weight excluding hydrogens is 791 g/mol. The molecular formula is C46H75O13P. The first kappa shape index (κ1) is 55.0. The van der Waals surface area contributed by atoms with Gasteiger partial charge in [0, 0.05) is 31.1 Å². The zero-order valence-electron chi connectivity index (χ0n) is 36.1. The van der Waals surface area contributed by atoms with E-state index in [1.54, 1.807) is 12.2 Å². The van der Waals surface area contributed by atoms with Crippen LogP contribution in [-0.2, 0) is 37.5 Å². The van der Waals surface area contributed by atoms with Crippen LogP contribution in [0.2, 0.25) is 0 Å². The fourth-order valence-corrected chi connectivity index (χ4v) is 7.05. The van der Waals surface area contributed by atoms with Gasteiger partial charge in [-0.2, -0.15) is 0 Å². The number of Topliss-reactive ketones (excluding diaryl/α,β-unsaturated/α-hetero) is 1. The largest absolute Gasteiger partial charge is 0.472 e. The van der Waals surface area contributed by atoms with Crippen molar-refractivity contribution in [3.05, 3.63) is 72.9 Å². The van der Waals surface area contributed by atoms with Crippen LogP contribution in [0, 0.1) is 11.8 Å². The van der Waals surface area contributed by atoms with Crippen molar-refractivity contribution in [3.63, 3.8) is 0 Å². The van der Waals surface area contributed by atoms with Gasteiger partial charge < -0.3 is 34.8 Å². The summed E-state index contributed by atoms with van der Waals surface area (Å²) < 4.78 is 32.6. The minimum Gasteiger partial charge on any atom is -0.462 e. The lowest BCUT2D eigenvalue weighted by molar-refractivity contribution is -0.161. The van der Waals surface area contributed by atoms with Gasteiger partial charge in [-0.1, -0.05) is 119 Å². The molecule has 1 fully saturated rings. The van der Waals surface area contributed by atoms with Gasteiger partial charge in [0.2, 0.25) is 0 Å². The molecule has 0 saturated heterocycles. The van der Waals surface area contributed by atoms with Gasteiger partial charge in [0.05, 0.1) is 32.0 Å². The summed E-state index contributed by atoms with van der Waals surface area (Å²) in [7, 11) is -4.70. The van der Waals surface area contributed by atoms with Crippen molar-refractivity contribution in [2.24, 2.45) is 11.8 Å². The fraction of sp³-hybridized carbons (Fsp3) is 0.674. The number of phosphoric ester groups is 1. The normalized spacial score (nSPS) is 20.1.